The van der Waals surface area contributed by atoms with Crippen LogP contribution >= 0.6 is 0 Å². The van der Waals surface area contributed by atoms with E-state index in [1.807, 2.05) is 0 Å². The first-order chi connectivity index (χ1) is 10.7. The molecule has 2 fully saturated rings. The summed E-state index contributed by atoms with van der Waals surface area (Å²) in [6.45, 7) is 2.03. The number of cyclic esters (lactones) is 1. The molecule has 1 aliphatic carbocycles. The molecule has 3 heterocycles. The van der Waals surface area contributed by atoms with Gasteiger partial charge in [0, 0.05) is 18.9 Å². The van der Waals surface area contributed by atoms with Gasteiger partial charge >= 0.3 is 6.09 Å². The zero-order valence-corrected chi connectivity index (χ0v) is 12.4. The average Bonchev–Trinajstić information content (AvgIpc) is 3.02. The molecule has 1 saturated carbocycles. The molecule has 3 aliphatic rings. The lowest BCUT2D eigenvalue weighted by atomic mass is 9.85. The third-order valence-corrected chi connectivity index (χ3v) is 4.72. The summed E-state index contributed by atoms with van der Waals surface area (Å²) in [5, 5.41) is 0. The summed E-state index contributed by atoms with van der Waals surface area (Å²) >= 11 is 0. The molecule has 118 valence electrons. The van der Waals surface area contributed by atoms with Gasteiger partial charge in [0.15, 0.2) is 5.89 Å². The predicted octanol–water partition coefficient (Wildman–Crippen LogP) is 1.28. The highest BCUT2D eigenvalue weighted by Crippen LogP contribution is 2.37. The van der Waals surface area contributed by atoms with Gasteiger partial charge in [0.2, 0.25) is 5.91 Å². The Morgan fingerprint density at radius 1 is 1.32 bits per heavy atom. The fraction of sp³-hybridized carbons (Fsp3) is 0.667. The standard InChI is InChI=1S/C15H19N3O4/c19-13(9-18-6-7-21-15(18)20)17-5-4-12-11(8-17)16-14(22-12)10-2-1-3-10/h10H,1-9H2. The topological polar surface area (TPSA) is 75.9 Å². The Hall–Kier alpha value is -2.05. The second-order valence-corrected chi connectivity index (χ2v) is 6.15. The number of aromatic nitrogens is 1. The Balaban J connectivity index is 1.41. The van der Waals surface area contributed by atoms with Crippen molar-refractivity contribution in [2.75, 3.05) is 26.2 Å². The molecule has 0 unspecified atom stereocenters. The number of hydrogen-bond donors (Lipinski definition) is 0. The predicted molar refractivity (Wildman–Crippen MR) is 75.1 cm³/mol. The summed E-state index contributed by atoms with van der Waals surface area (Å²) in [6.07, 6.45) is 3.84. The second kappa shape index (κ2) is 5.30. The zero-order chi connectivity index (χ0) is 15.1. The third kappa shape index (κ3) is 2.34. The molecular weight excluding hydrogens is 286 g/mol. The van der Waals surface area contributed by atoms with E-state index in [2.05, 4.69) is 4.98 Å². The molecule has 4 rings (SSSR count). The molecule has 2 amide bonds. The van der Waals surface area contributed by atoms with Gasteiger partial charge in [-0.2, -0.15) is 0 Å². The molecular formula is C15H19N3O4. The first kappa shape index (κ1) is 13.6. The third-order valence-electron chi connectivity index (χ3n) is 4.72. The molecule has 7 nitrogen and oxygen atoms in total. The van der Waals surface area contributed by atoms with Gasteiger partial charge in [-0.1, -0.05) is 6.42 Å². The minimum atomic E-state index is -0.403. The highest BCUT2D eigenvalue weighted by Gasteiger charge is 2.32. The number of ether oxygens (including phenoxy) is 1. The maximum absolute atomic E-state index is 12.3. The van der Waals surface area contributed by atoms with Crippen LogP contribution in [0.1, 0.15) is 42.5 Å². The summed E-state index contributed by atoms with van der Waals surface area (Å²) in [7, 11) is 0. The normalized spacial score (nSPS) is 21.5. The van der Waals surface area contributed by atoms with E-state index in [-0.39, 0.29) is 12.5 Å². The SMILES string of the molecule is O=C(CN1CCOC1=O)N1CCc2oc(C3CCC3)nc2C1. The van der Waals surface area contributed by atoms with E-state index in [1.54, 1.807) is 4.90 Å². The average molecular weight is 305 g/mol. The molecule has 2 aliphatic heterocycles. The van der Waals surface area contributed by atoms with Gasteiger partial charge in [0.05, 0.1) is 13.1 Å². The maximum Gasteiger partial charge on any atom is 0.410 e. The van der Waals surface area contributed by atoms with Gasteiger partial charge in [-0.15, -0.1) is 0 Å². The van der Waals surface area contributed by atoms with Crippen LogP contribution in [0.3, 0.4) is 0 Å². The lowest BCUT2D eigenvalue weighted by Crippen LogP contribution is -2.43. The number of fused-ring (bicyclic) bond motifs is 1. The highest BCUT2D eigenvalue weighted by molar-refractivity contribution is 5.83. The van der Waals surface area contributed by atoms with E-state index in [0.717, 1.165) is 30.2 Å². The van der Waals surface area contributed by atoms with Crippen molar-refractivity contribution in [3.05, 3.63) is 17.3 Å². The van der Waals surface area contributed by atoms with Crippen LogP contribution in [-0.2, 0) is 22.5 Å². The summed E-state index contributed by atoms with van der Waals surface area (Å²) in [5.74, 6) is 2.17. The van der Waals surface area contributed by atoms with E-state index < -0.39 is 6.09 Å². The number of carbonyl (C=O) groups excluding carboxylic acids is 2. The van der Waals surface area contributed by atoms with E-state index >= 15 is 0 Å². The van der Waals surface area contributed by atoms with E-state index in [0.29, 0.717) is 38.6 Å². The molecule has 0 atom stereocenters. The number of carbonyl (C=O) groups is 2. The molecule has 0 N–H and O–H groups in total. The Morgan fingerprint density at radius 3 is 2.86 bits per heavy atom. The van der Waals surface area contributed by atoms with E-state index in [4.69, 9.17) is 9.15 Å². The summed E-state index contributed by atoms with van der Waals surface area (Å²) in [6, 6.07) is 0. The smallest absolute Gasteiger partial charge is 0.410 e. The molecule has 1 aromatic rings. The quantitative estimate of drug-likeness (QED) is 0.841. The Bertz CT molecular complexity index is 608. The van der Waals surface area contributed by atoms with Gasteiger partial charge in [0.1, 0.15) is 24.6 Å². The number of amides is 2. The van der Waals surface area contributed by atoms with Crippen LogP contribution in [-0.4, -0.2) is 53.0 Å². The molecule has 0 bridgehead atoms. The minimum absolute atomic E-state index is 0.0577. The number of rotatable bonds is 3. The molecule has 0 spiro atoms. The monoisotopic (exact) mass is 305 g/mol. The number of nitrogens with zero attached hydrogens (tertiary/aromatic N) is 3. The van der Waals surface area contributed by atoms with Crippen LogP contribution in [0.5, 0.6) is 0 Å². The molecule has 0 radical (unpaired) electrons. The van der Waals surface area contributed by atoms with Crippen molar-refractivity contribution in [3.8, 4) is 0 Å². The zero-order valence-electron chi connectivity index (χ0n) is 12.4. The molecule has 0 aromatic carbocycles. The van der Waals surface area contributed by atoms with Crippen molar-refractivity contribution < 1.29 is 18.7 Å². The Labute approximate surface area is 128 Å². The fourth-order valence-electron chi connectivity index (χ4n) is 3.09. The largest absolute Gasteiger partial charge is 0.448 e. The van der Waals surface area contributed by atoms with Crippen molar-refractivity contribution >= 4 is 12.0 Å². The van der Waals surface area contributed by atoms with Crippen LogP contribution in [0, 0.1) is 0 Å². The first-order valence-corrected chi connectivity index (χ1v) is 7.88. The summed E-state index contributed by atoms with van der Waals surface area (Å²) in [5.41, 5.74) is 0.880. The van der Waals surface area contributed by atoms with Crippen molar-refractivity contribution in [2.45, 2.75) is 38.1 Å². The molecule has 1 aromatic heterocycles. The molecule has 1 saturated heterocycles. The van der Waals surface area contributed by atoms with Gasteiger partial charge in [-0.25, -0.2) is 9.78 Å². The van der Waals surface area contributed by atoms with Gasteiger partial charge in [0.25, 0.3) is 0 Å². The van der Waals surface area contributed by atoms with Crippen molar-refractivity contribution in [2.24, 2.45) is 0 Å². The van der Waals surface area contributed by atoms with E-state index in [9.17, 15) is 9.59 Å². The van der Waals surface area contributed by atoms with Crippen molar-refractivity contribution in [1.82, 2.24) is 14.8 Å². The number of hydrogen-bond acceptors (Lipinski definition) is 5. The Morgan fingerprint density at radius 2 is 2.18 bits per heavy atom. The van der Waals surface area contributed by atoms with Gasteiger partial charge in [-0.05, 0) is 12.8 Å². The van der Waals surface area contributed by atoms with Crippen LogP contribution in [0.25, 0.3) is 0 Å². The Kier molecular flexibility index (Phi) is 3.28. The lowest BCUT2D eigenvalue weighted by molar-refractivity contribution is -0.132. The number of oxazole rings is 1. The van der Waals surface area contributed by atoms with Crippen LogP contribution in [0.4, 0.5) is 4.79 Å². The molecule has 7 heteroatoms. The maximum atomic E-state index is 12.3. The van der Waals surface area contributed by atoms with E-state index in [1.165, 1.54) is 11.3 Å². The van der Waals surface area contributed by atoms with Crippen LogP contribution < -0.4 is 0 Å². The van der Waals surface area contributed by atoms with Crippen molar-refractivity contribution in [1.29, 1.82) is 0 Å². The van der Waals surface area contributed by atoms with Crippen molar-refractivity contribution in [3.63, 3.8) is 0 Å². The van der Waals surface area contributed by atoms with Crippen LogP contribution in [0.2, 0.25) is 0 Å². The summed E-state index contributed by atoms with van der Waals surface area (Å²) in [4.78, 5) is 31.5. The highest BCUT2D eigenvalue weighted by atomic mass is 16.6. The minimum Gasteiger partial charge on any atom is -0.448 e. The summed E-state index contributed by atoms with van der Waals surface area (Å²) < 4.78 is 10.7. The fourth-order valence-corrected chi connectivity index (χ4v) is 3.09. The first-order valence-electron chi connectivity index (χ1n) is 7.88. The van der Waals surface area contributed by atoms with Gasteiger partial charge < -0.3 is 14.1 Å². The molecule has 22 heavy (non-hydrogen) atoms. The van der Waals surface area contributed by atoms with Gasteiger partial charge in [-0.3, -0.25) is 9.69 Å². The van der Waals surface area contributed by atoms with Crippen LogP contribution in [0.15, 0.2) is 4.42 Å². The second-order valence-electron chi connectivity index (χ2n) is 6.15. The lowest BCUT2D eigenvalue weighted by Gasteiger charge is -2.26.